The summed E-state index contributed by atoms with van der Waals surface area (Å²) in [5, 5.41) is 1.71. The lowest BCUT2D eigenvalue weighted by Crippen LogP contribution is -2.03. The molecule has 0 bridgehead atoms. The van der Waals surface area contributed by atoms with Crippen LogP contribution >= 0.6 is 11.6 Å². The maximum absolute atomic E-state index is 6.20. The van der Waals surface area contributed by atoms with Gasteiger partial charge >= 0.3 is 0 Å². The van der Waals surface area contributed by atoms with E-state index in [0.717, 1.165) is 40.7 Å². The van der Waals surface area contributed by atoms with Crippen LogP contribution in [0, 0.1) is 0 Å². The summed E-state index contributed by atoms with van der Waals surface area (Å²) in [4.78, 5) is 13.2. The van der Waals surface area contributed by atoms with Crippen LogP contribution in [0.5, 0.6) is 0 Å². The second kappa shape index (κ2) is 6.19. The van der Waals surface area contributed by atoms with Crippen LogP contribution in [0.1, 0.15) is 30.3 Å². The average Bonchev–Trinajstić information content (AvgIpc) is 2.51. The van der Waals surface area contributed by atoms with Crippen molar-refractivity contribution in [2.75, 3.05) is 0 Å². The van der Waals surface area contributed by atoms with Gasteiger partial charge in [-0.3, -0.25) is 4.98 Å². The first kappa shape index (κ1) is 14.0. The summed E-state index contributed by atoms with van der Waals surface area (Å²) >= 11 is 6.20. The van der Waals surface area contributed by atoms with Crippen LogP contribution in [-0.4, -0.2) is 15.0 Å². The van der Waals surface area contributed by atoms with Gasteiger partial charge in [0, 0.05) is 23.1 Å². The number of hydrogen-bond donors (Lipinski definition) is 0. The third kappa shape index (κ3) is 3.03. The molecule has 1 aromatic carbocycles. The molecule has 0 aliphatic heterocycles. The number of para-hydroxylation sites is 1. The topological polar surface area (TPSA) is 38.7 Å². The van der Waals surface area contributed by atoms with Crippen LogP contribution in [0.25, 0.3) is 10.9 Å². The number of rotatable bonds is 4. The highest BCUT2D eigenvalue weighted by Crippen LogP contribution is 2.20. The smallest absolute Gasteiger partial charge is 0.135 e. The molecule has 21 heavy (non-hydrogen) atoms. The van der Waals surface area contributed by atoms with Gasteiger partial charge in [-0.2, -0.15) is 0 Å². The Morgan fingerprint density at radius 3 is 2.76 bits per heavy atom. The molecule has 0 amide bonds. The molecule has 0 spiro atoms. The van der Waals surface area contributed by atoms with E-state index in [1.54, 1.807) is 0 Å². The van der Waals surface area contributed by atoms with E-state index in [4.69, 9.17) is 16.6 Å². The lowest BCUT2D eigenvalue weighted by atomic mass is 10.1. The van der Waals surface area contributed by atoms with Gasteiger partial charge in [0.15, 0.2) is 0 Å². The van der Waals surface area contributed by atoms with E-state index in [-0.39, 0.29) is 0 Å². The summed E-state index contributed by atoms with van der Waals surface area (Å²) in [5.74, 6) is 0. The highest BCUT2D eigenvalue weighted by Gasteiger charge is 2.10. The SMILES string of the molecule is CCCc1c(Cl)ncnc1Cc1ccc2ccccc2n1. The van der Waals surface area contributed by atoms with Gasteiger partial charge in [-0.05, 0) is 18.6 Å². The van der Waals surface area contributed by atoms with Crippen molar-refractivity contribution < 1.29 is 0 Å². The van der Waals surface area contributed by atoms with Crippen molar-refractivity contribution in [3.05, 3.63) is 64.8 Å². The van der Waals surface area contributed by atoms with Crippen LogP contribution in [0.4, 0.5) is 0 Å². The third-order valence-corrected chi connectivity index (χ3v) is 3.81. The molecule has 3 nitrogen and oxygen atoms in total. The fourth-order valence-corrected chi connectivity index (χ4v) is 2.70. The second-order valence-electron chi connectivity index (χ2n) is 5.01. The number of hydrogen-bond acceptors (Lipinski definition) is 3. The molecular weight excluding hydrogens is 282 g/mol. The van der Waals surface area contributed by atoms with E-state index >= 15 is 0 Å². The van der Waals surface area contributed by atoms with Crippen molar-refractivity contribution in [3.63, 3.8) is 0 Å². The predicted octanol–water partition coefficient (Wildman–Crippen LogP) is 4.22. The Hall–Kier alpha value is -2.00. The molecule has 0 atom stereocenters. The summed E-state index contributed by atoms with van der Waals surface area (Å²) in [6, 6.07) is 12.3. The van der Waals surface area contributed by atoms with Crippen LogP contribution in [0.3, 0.4) is 0 Å². The number of benzene rings is 1. The number of nitrogens with zero attached hydrogens (tertiary/aromatic N) is 3. The Bertz CT molecular complexity index is 771. The van der Waals surface area contributed by atoms with Gasteiger partial charge in [0.2, 0.25) is 0 Å². The third-order valence-electron chi connectivity index (χ3n) is 3.49. The average molecular weight is 298 g/mol. The predicted molar refractivity (Wildman–Crippen MR) is 85.6 cm³/mol. The van der Waals surface area contributed by atoms with Crippen molar-refractivity contribution in [1.82, 2.24) is 15.0 Å². The number of pyridine rings is 1. The zero-order valence-electron chi connectivity index (χ0n) is 11.9. The molecule has 0 N–H and O–H groups in total. The van der Waals surface area contributed by atoms with Gasteiger partial charge in [-0.1, -0.05) is 49.2 Å². The van der Waals surface area contributed by atoms with Crippen LogP contribution in [0.2, 0.25) is 5.15 Å². The summed E-state index contributed by atoms with van der Waals surface area (Å²) in [5.41, 5.74) is 4.02. The molecule has 0 saturated carbocycles. The maximum atomic E-state index is 6.20. The van der Waals surface area contributed by atoms with E-state index in [9.17, 15) is 0 Å². The van der Waals surface area contributed by atoms with Crippen LogP contribution in [0.15, 0.2) is 42.7 Å². The highest BCUT2D eigenvalue weighted by atomic mass is 35.5. The van der Waals surface area contributed by atoms with E-state index in [0.29, 0.717) is 11.6 Å². The molecule has 0 saturated heterocycles. The molecule has 0 aliphatic carbocycles. The van der Waals surface area contributed by atoms with Gasteiger partial charge in [0.05, 0.1) is 11.2 Å². The number of aromatic nitrogens is 3. The minimum absolute atomic E-state index is 0.558. The zero-order valence-corrected chi connectivity index (χ0v) is 12.6. The molecule has 2 aromatic heterocycles. The van der Waals surface area contributed by atoms with Gasteiger partial charge in [0.1, 0.15) is 11.5 Å². The van der Waals surface area contributed by atoms with E-state index in [1.807, 2.05) is 24.3 Å². The first-order valence-corrected chi connectivity index (χ1v) is 7.48. The molecule has 4 heteroatoms. The minimum atomic E-state index is 0.558. The molecule has 0 unspecified atom stereocenters. The Kier molecular flexibility index (Phi) is 4.11. The van der Waals surface area contributed by atoms with Crippen molar-refractivity contribution in [3.8, 4) is 0 Å². The summed E-state index contributed by atoms with van der Waals surface area (Å²) in [6.07, 6.45) is 4.12. The highest BCUT2D eigenvalue weighted by molar-refractivity contribution is 6.30. The first-order valence-electron chi connectivity index (χ1n) is 7.11. The fraction of sp³-hybridized carbons (Fsp3) is 0.235. The van der Waals surface area contributed by atoms with Crippen LogP contribution in [-0.2, 0) is 12.8 Å². The maximum Gasteiger partial charge on any atom is 0.135 e. The fourth-order valence-electron chi connectivity index (χ4n) is 2.45. The summed E-state index contributed by atoms with van der Waals surface area (Å²) in [6.45, 7) is 2.13. The molecule has 106 valence electrons. The molecule has 0 radical (unpaired) electrons. The van der Waals surface area contributed by atoms with E-state index in [1.165, 1.54) is 6.33 Å². The van der Waals surface area contributed by atoms with E-state index in [2.05, 4.69) is 29.0 Å². The van der Waals surface area contributed by atoms with Crippen molar-refractivity contribution in [1.29, 1.82) is 0 Å². The Morgan fingerprint density at radius 1 is 1.05 bits per heavy atom. The van der Waals surface area contributed by atoms with Crippen molar-refractivity contribution >= 4 is 22.5 Å². The largest absolute Gasteiger partial charge is 0.252 e. The van der Waals surface area contributed by atoms with Crippen LogP contribution < -0.4 is 0 Å². The molecule has 0 aliphatic rings. The molecule has 0 fully saturated rings. The minimum Gasteiger partial charge on any atom is -0.252 e. The van der Waals surface area contributed by atoms with Crippen molar-refractivity contribution in [2.24, 2.45) is 0 Å². The van der Waals surface area contributed by atoms with E-state index < -0.39 is 0 Å². The number of fused-ring (bicyclic) bond motifs is 1. The normalized spacial score (nSPS) is 11.0. The van der Waals surface area contributed by atoms with Crippen molar-refractivity contribution in [2.45, 2.75) is 26.2 Å². The molecule has 3 rings (SSSR count). The lowest BCUT2D eigenvalue weighted by Gasteiger charge is -2.09. The Balaban J connectivity index is 1.96. The Morgan fingerprint density at radius 2 is 1.90 bits per heavy atom. The lowest BCUT2D eigenvalue weighted by molar-refractivity contribution is 0.861. The zero-order chi connectivity index (χ0) is 14.7. The first-order chi connectivity index (χ1) is 10.3. The van der Waals surface area contributed by atoms with Gasteiger partial charge in [-0.15, -0.1) is 0 Å². The standard InChI is InChI=1S/C17H16ClN3/c1-2-5-14-16(19-11-20-17(14)18)10-13-9-8-12-6-3-4-7-15(12)21-13/h3-4,6-9,11H,2,5,10H2,1H3. The Labute approximate surface area is 129 Å². The summed E-state index contributed by atoms with van der Waals surface area (Å²) < 4.78 is 0. The molecular formula is C17H16ClN3. The molecule has 3 aromatic rings. The second-order valence-corrected chi connectivity index (χ2v) is 5.37. The number of halogens is 1. The van der Waals surface area contributed by atoms with Gasteiger partial charge in [-0.25, -0.2) is 9.97 Å². The van der Waals surface area contributed by atoms with Gasteiger partial charge in [0.25, 0.3) is 0 Å². The van der Waals surface area contributed by atoms with Gasteiger partial charge < -0.3 is 0 Å². The summed E-state index contributed by atoms with van der Waals surface area (Å²) in [7, 11) is 0. The monoisotopic (exact) mass is 297 g/mol. The molecule has 2 heterocycles. The quantitative estimate of drug-likeness (QED) is 0.677.